The molecule has 0 atom stereocenters. The Morgan fingerprint density at radius 2 is 2.07 bits per heavy atom. The van der Waals surface area contributed by atoms with Gasteiger partial charge in [0, 0.05) is 11.5 Å². The maximum absolute atomic E-state index is 12.5. The number of hydrogen-bond acceptors (Lipinski definition) is 6. The summed E-state index contributed by atoms with van der Waals surface area (Å²) in [6, 6.07) is 12.4. The van der Waals surface area contributed by atoms with Crippen molar-refractivity contribution < 1.29 is 14.6 Å². The van der Waals surface area contributed by atoms with Crippen molar-refractivity contribution in [2.75, 3.05) is 6.61 Å². The molecule has 0 radical (unpaired) electrons. The molecule has 30 heavy (non-hydrogen) atoms. The summed E-state index contributed by atoms with van der Waals surface area (Å²) in [6.45, 7) is 1.74. The number of nitrogens with zero attached hydrogens (tertiary/aromatic N) is 4. The number of carbonyl (C=O) groups is 1. The molecule has 0 aliphatic heterocycles. The minimum absolute atomic E-state index is 0.251. The van der Waals surface area contributed by atoms with Crippen LogP contribution in [0.5, 0.6) is 5.75 Å². The van der Waals surface area contributed by atoms with E-state index in [1.54, 1.807) is 36.4 Å². The van der Waals surface area contributed by atoms with Gasteiger partial charge in [0.2, 0.25) is 0 Å². The lowest BCUT2D eigenvalue weighted by atomic mass is 10.1. The minimum Gasteiger partial charge on any atom is -0.492 e. The Hall–Kier alpha value is -4.19. The predicted molar refractivity (Wildman–Crippen MR) is 108 cm³/mol. The summed E-state index contributed by atoms with van der Waals surface area (Å²) in [7, 11) is 0. The maximum Gasteiger partial charge on any atom is 0.325 e. The maximum atomic E-state index is 12.5. The molecule has 2 N–H and O–H groups in total. The van der Waals surface area contributed by atoms with Gasteiger partial charge in [0.25, 0.3) is 5.56 Å². The topological polar surface area (TPSA) is 134 Å². The molecule has 0 saturated carbocycles. The van der Waals surface area contributed by atoms with E-state index in [9.17, 15) is 14.9 Å². The molecule has 0 aliphatic carbocycles. The van der Waals surface area contributed by atoms with E-state index in [1.807, 2.05) is 6.92 Å². The van der Waals surface area contributed by atoms with E-state index in [4.69, 9.17) is 9.84 Å². The van der Waals surface area contributed by atoms with Gasteiger partial charge >= 0.3 is 5.97 Å². The normalized spacial score (nSPS) is 10.9. The number of carboxylic acid groups (broad SMARTS) is 1. The summed E-state index contributed by atoms with van der Waals surface area (Å²) >= 11 is 0. The van der Waals surface area contributed by atoms with Gasteiger partial charge in [0.15, 0.2) is 0 Å². The first kappa shape index (κ1) is 19.1. The number of benzene rings is 2. The third-order valence-corrected chi connectivity index (χ3v) is 4.62. The average Bonchev–Trinajstić information content (AvgIpc) is 3.12. The van der Waals surface area contributed by atoms with Gasteiger partial charge in [-0.2, -0.15) is 10.4 Å². The summed E-state index contributed by atoms with van der Waals surface area (Å²) in [6.07, 6.45) is 0.251. The van der Waals surface area contributed by atoms with E-state index in [-0.39, 0.29) is 6.42 Å². The van der Waals surface area contributed by atoms with E-state index < -0.39 is 18.1 Å². The Bertz CT molecular complexity index is 1380. The Labute approximate surface area is 170 Å². The monoisotopic (exact) mass is 403 g/mol. The molecule has 2 aromatic carbocycles. The van der Waals surface area contributed by atoms with Gasteiger partial charge in [-0.1, -0.05) is 18.2 Å². The molecule has 4 rings (SSSR count). The number of aliphatic carboxylic acids is 1. The van der Waals surface area contributed by atoms with E-state index in [2.05, 4.69) is 21.1 Å². The minimum atomic E-state index is -1.15. The molecule has 0 spiro atoms. The van der Waals surface area contributed by atoms with Crippen LogP contribution in [0.3, 0.4) is 0 Å². The molecule has 0 bridgehead atoms. The largest absolute Gasteiger partial charge is 0.492 e. The third kappa shape index (κ3) is 3.46. The first-order chi connectivity index (χ1) is 14.5. The van der Waals surface area contributed by atoms with Crippen molar-refractivity contribution in [1.29, 1.82) is 5.26 Å². The molecule has 150 valence electrons. The number of rotatable bonds is 6. The molecule has 0 amide bonds. The van der Waals surface area contributed by atoms with Crippen LogP contribution in [-0.4, -0.2) is 37.4 Å². The van der Waals surface area contributed by atoms with Gasteiger partial charge in [-0.05, 0) is 19.1 Å². The Balaban J connectivity index is 1.81. The second-order valence-corrected chi connectivity index (χ2v) is 6.62. The lowest BCUT2D eigenvalue weighted by molar-refractivity contribution is -0.138. The Kier molecular flexibility index (Phi) is 4.90. The molecule has 9 nitrogen and oxygen atoms in total. The predicted octanol–water partition coefficient (Wildman–Crippen LogP) is 2.22. The number of hydrogen-bond donors (Lipinski definition) is 2. The van der Waals surface area contributed by atoms with Crippen molar-refractivity contribution in [3.05, 3.63) is 63.8 Å². The molecule has 4 aromatic rings. The van der Waals surface area contributed by atoms with Crippen LogP contribution in [0.15, 0.2) is 41.2 Å². The number of aromatic nitrogens is 4. The highest BCUT2D eigenvalue weighted by Gasteiger charge is 2.15. The summed E-state index contributed by atoms with van der Waals surface area (Å²) in [5.41, 5.74) is 1.77. The fourth-order valence-corrected chi connectivity index (χ4v) is 3.37. The van der Waals surface area contributed by atoms with Gasteiger partial charge in [0.05, 0.1) is 40.7 Å². The van der Waals surface area contributed by atoms with Gasteiger partial charge in [-0.25, -0.2) is 9.67 Å². The highest BCUT2D eigenvalue weighted by molar-refractivity contribution is 5.84. The van der Waals surface area contributed by atoms with Crippen LogP contribution >= 0.6 is 0 Å². The summed E-state index contributed by atoms with van der Waals surface area (Å²) < 4.78 is 6.46. The standard InChI is InChI=1S/C21H17N5O4/c1-2-30-18-8-17-16(7-12(18)10-22)23-19(24-17)9-15-13-5-3-4-6-14(13)21(29)26(25-15)11-20(27)28/h3-8H,2,9,11H2,1H3,(H,23,24)(H,27,28). The van der Waals surface area contributed by atoms with E-state index in [0.717, 1.165) is 4.68 Å². The van der Waals surface area contributed by atoms with Crippen molar-refractivity contribution in [1.82, 2.24) is 19.7 Å². The summed E-state index contributed by atoms with van der Waals surface area (Å²) in [4.78, 5) is 31.4. The highest BCUT2D eigenvalue weighted by Crippen LogP contribution is 2.25. The van der Waals surface area contributed by atoms with Crippen LogP contribution in [0.25, 0.3) is 21.8 Å². The molecule has 9 heteroatoms. The molecule has 2 aromatic heterocycles. The molecular formula is C21H17N5O4. The van der Waals surface area contributed by atoms with Crippen LogP contribution < -0.4 is 10.3 Å². The Morgan fingerprint density at radius 3 is 2.77 bits per heavy atom. The smallest absolute Gasteiger partial charge is 0.325 e. The van der Waals surface area contributed by atoms with Crippen LogP contribution in [0, 0.1) is 11.3 Å². The summed E-state index contributed by atoms with van der Waals surface area (Å²) in [5.74, 6) is -0.107. The second-order valence-electron chi connectivity index (χ2n) is 6.62. The molecule has 0 fully saturated rings. The number of nitrogens with one attached hydrogen (secondary N) is 1. The van der Waals surface area contributed by atoms with Gasteiger partial charge < -0.3 is 14.8 Å². The Morgan fingerprint density at radius 1 is 1.30 bits per heavy atom. The van der Waals surface area contributed by atoms with Crippen LogP contribution in [0.4, 0.5) is 0 Å². The number of imidazole rings is 1. The number of H-pyrrole nitrogens is 1. The quantitative estimate of drug-likeness (QED) is 0.504. The molecule has 2 heterocycles. The first-order valence-corrected chi connectivity index (χ1v) is 9.26. The van der Waals surface area contributed by atoms with E-state index in [0.29, 0.717) is 51.2 Å². The fourth-order valence-electron chi connectivity index (χ4n) is 3.37. The lowest BCUT2D eigenvalue weighted by Gasteiger charge is -2.08. The average molecular weight is 403 g/mol. The van der Waals surface area contributed by atoms with Gasteiger partial charge in [-0.15, -0.1) is 0 Å². The highest BCUT2D eigenvalue weighted by atomic mass is 16.5. The SMILES string of the molecule is CCOc1cc2[nH]c(Cc3nn(CC(=O)O)c(=O)c4ccccc34)nc2cc1C#N. The van der Waals surface area contributed by atoms with Crippen molar-refractivity contribution in [3.63, 3.8) is 0 Å². The van der Waals surface area contributed by atoms with Crippen molar-refractivity contribution >= 4 is 27.8 Å². The molecule has 0 unspecified atom stereocenters. The second kappa shape index (κ2) is 7.67. The van der Waals surface area contributed by atoms with Crippen molar-refractivity contribution in [2.24, 2.45) is 0 Å². The molecule has 0 saturated heterocycles. The van der Waals surface area contributed by atoms with Crippen LogP contribution in [0.1, 0.15) is 24.0 Å². The number of ether oxygens (including phenoxy) is 1. The van der Waals surface area contributed by atoms with Crippen molar-refractivity contribution in [3.8, 4) is 11.8 Å². The van der Waals surface area contributed by atoms with Gasteiger partial charge in [0.1, 0.15) is 24.2 Å². The van der Waals surface area contributed by atoms with Gasteiger partial charge in [-0.3, -0.25) is 9.59 Å². The number of carboxylic acids is 1. The lowest BCUT2D eigenvalue weighted by Crippen LogP contribution is -2.28. The zero-order chi connectivity index (χ0) is 21.3. The molecular weight excluding hydrogens is 386 g/mol. The van der Waals surface area contributed by atoms with E-state index >= 15 is 0 Å². The zero-order valence-corrected chi connectivity index (χ0v) is 16.0. The first-order valence-electron chi connectivity index (χ1n) is 9.26. The van der Waals surface area contributed by atoms with E-state index in [1.165, 1.54) is 0 Å². The van der Waals surface area contributed by atoms with Crippen LogP contribution in [0.2, 0.25) is 0 Å². The fraction of sp³-hybridized carbons (Fsp3) is 0.190. The number of aromatic amines is 1. The third-order valence-electron chi connectivity index (χ3n) is 4.62. The number of fused-ring (bicyclic) bond motifs is 2. The van der Waals surface area contributed by atoms with Crippen LogP contribution in [-0.2, 0) is 17.8 Å². The number of nitriles is 1. The van der Waals surface area contributed by atoms with Crippen molar-refractivity contribution in [2.45, 2.75) is 19.9 Å². The molecule has 0 aliphatic rings. The zero-order valence-electron chi connectivity index (χ0n) is 16.0. The summed E-state index contributed by atoms with van der Waals surface area (Å²) in [5, 5.41) is 23.7.